The van der Waals surface area contributed by atoms with Crippen LogP contribution in [0.2, 0.25) is 0 Å². The third-order valence-electron chi connectivity index (χ3n) is 4.16. The molecule has 1 aromatic heterocycles. The van der Waals surface area contributed by atoms with Gasteiger partial charge in [-0.1, -0.05) is 30.9 Å². The summed E-state index contributed by atoms with van der Waals surface area (Å²) in [6.45, 7) is 15.3. The van der Waals surface area contributed by atoms with Crippen molar-refractivity contribution in [3.05, 3.63) is 83.2 Å². The van der Waals surface area contributed by atoms with Crippen molar-refractivity contribution < 1.29 is 0 Å². The Morgan fingerprint density at radius 2 is 1.79 bits per heavy atom. The number of nitrogens with zero attached hydrogens (tertiary/aromatic N) is 2. The standard InChI is InChI=1S/C23H31N5/c1-8-10-19(9-2)21-13-26-14-22(27-21)28-23(18(7)24)17(6)16(5)11-12-20(25)15(3)4/h8-14,25H,3,24H2,1-2,4-7H3,(H,27,28)/b10-8-,12-11-,17-16-,19-9+,23-18+,25-20?. The lowest BCUT2D eigenvalue weighted by atomic mass is 10.0. The zero-order valence-corrected chi connectivity index (χ0v) is 17.7. The Kier molecular flexibility index (Phi) is 8.82. The van der Waals surface area contributed by atoms with Gasteiger partial charge in [-0.2, -0.15) is 0 Å². The molecule has 0 aliphatic carbocycles. The van der Waals surface area contributed by atoms with E-state index in [1.807, 2.05) is 65.8 Å². The number of allylic oxidation sites excluding steroid dienone is 10. The molecule has 148 valence electrons. The topological polar surface area (TPSA) is 87.7 Å². The molecule has 0 bridgehead atoms. The molecule has 0 fully saturated rings. The van der Waals surface area contributed by atoms with Crippen molar-refractivity contribution in [3.63, 3.8) is 0 Å². The van der Waals surface area contributed by atoms with E-state index in [1.54, 1.807) is 18.5 Å². The molecule has 0 radical (unpaired) electrons. The monoisotopic (exact) mass is 377 g/mol. The second kappa shape index (κ2) is 10.8. The van der Waals surface area contributed by atoms with Gasteiger partial charge in [0.25, 0.3) is 0 Å². The number of rotatable bonds is 8. The van der Waals surface area contributed by atoms with Crippen LogP contribution in [0, 0.1) is 5.41 Å². The van der Waals surface area contributed by atoms with Gasteiger partial charge < -0.3 is 16.5 Å². The first-order chi connectivity index (χ1) is 13.2. The van der Waals surface area contributed by atoms with Gasteiger partial charge in [0.2, 0.25) is 0 Å². The molecule has 0 aliphatic rings. The maximum absolute atomic E-state index is 7.87. The molecule has 28 heavy (non-hydrogen) atoms. The fraction of sp³-hybridized carbons (Fsp3) is 0.261. The second-order valence-electron chi connectivity index (χ2n) is 6.55. The van der Waals surface area contributed by atoms with Crippen molar-refractivity contribution in [3.8, 4) is 0 Å². The molecule has 1 rings (SSSR count). The van der Waals surface area contributed by atoms with E-state index in [2.05, 4.69) is 21.9 Å². The van der Waals surface area contributed by atoms with Crippen molar-refractivity contribution >= 4 is 17.1 Å². The number of hydrogen-bond acceptors (Lipinski definition) is 5. The molecule has 0 saturated carbocycles. The van der Waals surface area contributed by atoms with Crippen LogP contribution in [0.25, 0.3) is 5.57 Å². The van der Waals surface area contributed by atoms with Crippen molar-refractivity contribution in [2.45, 2.75) is 41.5 Å². The van der Waals surface area contributed by atoms with E-state index in [4.69, 9.17) is 11.1 Å². The lowest BCUT2D eigenvalue weighted by molar-refractivity contribution is 1.12. The van der Waals surface area contributed by atoms with E-state index < -0.39 is 0 Å². The lowest BCUT2D eigenvalue weighted by Crippen LogP contribution is -2.11. The molecule has 0 aliphatic heterocycles. The minimum atomic E-state index is 0.400. The van der Waals surface area contributed by atoms with Gasteiger partial charge in [0.05, 0.1) is 29.5 Å². The van der Waals surface area contributed by atoms with Crippen LogP contribution in [0.4, 0.5) is 5.82 Å². The van der Waals surface area contributed by atoms with Gasteiger partial charge >= 0.3 is 0 Å². The Balaban J connectivity index is 3.23. The highest BCUT2D eigenvalue weighted by Gasteiger charge is 2.09. The molecule has 0 spiro atoms. The summed E-state index contributed by atoms with van der Waals surface area (Å²) in [6, 6.07) is 0. The molecule has 0 unspecified atom stereocenters. The molecular weight excluding hydrogens is 346 g/mol. The van der Waals surface area contributed by atoms with E-state index in [0.717, 1.165) is 33.7 Å². The van der Waals surface area contributed by atoms with E-state index >= 15 is 0 Å². The summed E-state index contributed by atoms with van der Waals surface area (Å²) in [7, 11) is 0. The van der Waals surface area contributed by atoms with Gasteiger partial charge in [-0.25, -0.2) is 4.98 Å². The Hall–Kier alpha value is -3.21. The molecule has 0 amide bonds. The first kappa shape index (κ1) is 22.8. The van der Waals surface area contributed by atoms with Crippen molar-refractivity contribution in [1.82, 2.24) is 9.97 Å². The Bertz CT molecular complexity index is 891. The normalized spacial score (nSPS) is 14.1. The van der Waals surface area contributed by atoms with E-state index in [1.165, 1.54) is 0 Å². The van der Waals surface area contributed by atoms with Gasteiger partial charge in [-0.15, -0.1) is 0 Å². The van der Waals surface area contributed by atoms with E-state index in [0.29, 0.717) is 17.2 Å². The zero-order chi connectivity index (χ0) is 21.3. The van der Waals surface area contributed by atoms with Gasteiger partial charge in [-0.3, -0.25) is 4.98 Å². The maximum Gasteiger partial charge on any atom is 0.149 e. The summed E-state index contributed by atoms with van der Waals surface area (Å²) in [5, 5.41) is 11.2. The average Bonchev–Trinajstić information content (AvgIpc) is 2.67. The minimum absolute atomic E-state index is 0.400. The van der Waals surface area contributed by atoms with Crippen molar-refractivity contribution in [2.24, 2.45) is 5.73 Å². The van der Waals surface area contributed by atoms with E-state index in [9.17, 15) is 0 Å². The van der Waals surface area contributed by atoms with Crippen LogP contribution in [0.5, 0.6) is 0 Å². The quantitative estimate of drug-likeness (QED) is 0.409. The molecule has 5 heteroatoms. The number of aromatic nitrogens is 2. The Morgan fingerprint density at radius 3 is 2.32 bits per heavy atom. The lowest BCUT2D eigenvalue weighted by Gasteiger charge is -2.15. The van der Waals surface area contributed by atoms with Gasteiger partial charge in [-0.05, 0) is 69.9 Å². The highest BCUT2D eigenvalue weighted by atomic mass is 15.0. The number of anilines is 1. The average molecular weight is 378 g/mol. The summed E-state index contributed by atoms with van der Waals surface area (Å²) < 4.78 is 0. The third kappa shape index (κ3) is 6.50. The molecule has 5 nitrogen and oxygen atoms in total. The first-order valence-electron chi connectivity index (χ1n) is 9.16. The summed E-state index contributed by atoms with van der Waals surface area (Å²) in [5.74, 6) is 0.618. The summed E-state index contributed by atoms with van der Waals surface area (Å²) in [6.07, 6.45) is 13.0. The number of nitrogens with one attached hydrogen (secondary N) is 2. The Morgan fingerprint density at radius 1 is 1.11 bits per heavy atom. The van der Waals surface area contributed by atoms with Crippen molar-refractivity contribution in [1.29, 1.82) is 5.41 Å². The maximum atomic E-state index is 7.87. The zero-order valence-electron chi connectivity index (χ0n) is 17.7. The summed E-state index contributed by atoms with van der Waals surface area (Å²) >= 11 is 0. The van der Waals surface area contributed by atoms with Gasteiger partial charge in [0, 0.05) is 5.70 Å². The molecule has 0 atom stereocenters. The van der Waals surface area contributed by atoms with Crippen LogP contribution in [0.3, 0.4) is 0 Å². The minimum Gasteiger partial charge on any atom is -0.401 e. The highest BCUT2D eigenvalue weighted by molar-refractivity contribution is 6.05. The fourth-order valence-electron chi connectivity index (χ4n) is 2.36. The Labute approximate surface area is 168 Å². The summed E-state index contributed by atoms with van der Waals surface area (Å²) in [5.41, 5.74) is 12.4. The third-order valence-corrected chi connectivity index (χ3v) is 4.16. The highest BCUT2D eigenvalue weighted by Crippen LogP contribution is 2.21. The molecular formula is C23H31N5. The van der Waals surface area contributed by atoms with Crippen LogP contribution >= 0.6 is 0 Å². The van der Waals surface area contributed by atoms with Crippen LogP contribution in [0.1, 0.15) is 47.2 Å². The predicted molar refractivity (Wildman–Crippen MR) is 121 cm³/mol. The molecule has 0 aromatic carbocycles. The van der Waals surface area contributed by atoms with Crippen LogP contribution in [0.15, 0.2) is 77.5 Å². The van der Waals surface area contributed by atoms with Gasteiger partial charge in [0.1, 0.15) is 5.82 Å². The van der Waals surface area contributed by atoms with Crippen LogP contribution in [-0.4, -0.2) is 15.7 Å². The molecule has 4 N–H and O–H groups in total. The largest absolute Gasteiger partial charge is 0.401 e. The fourth-order valence-corrected chi connectivity index (χ4v) is 2.36. The molecule has 1 heterocycles. The molecule has 0 saturated heterocycles. The predicted octanol–water partition coefficient (Wildman–Crippen LogP) is 5.55. The first-order valence-corrected chi connectivity index (χ1v) is 9.16. The molecule has 1 aromatic rings. The van der Waals surface area contributed by atoms with Crippen LogP contribution in [-0.2, 0) is 0 Å². The second-order valence-corrected chi connectivity index (χ2v) is 6.55. The van der Waals surface area contributed by atoms with E-state index in [-0.39, 0.29) is 0 Å². The van der Waals surface area contributed by atoms with Gasteiger partial charge in [0.15, 0.2) is 0 Å². The SMILES string of the molecule is C=C(C)C(=N)\C=C/C(C)=C(C)\C(Nc1cncc(C(/C=C\C)=C/C)n1)=C(\C)N. The van der Waals surface area contributed by atoms with Crippen molar-refractivity contribution in [2.75, 3.05) is 5.32 Å². The number of hydrogen-bond donors (Lipinski definition) is 3. The van der Waals surface area contributed by atoms with Crippen LogP contribution < -0.4 is 11.1 Å². The smallest absolute Gasteiger partial charge is 0.149 e. The number of nitrogens with two attached hydrogens (primary N) is 1. The summed E-state index contributed by atoms with van der Waals surface area (Å²) in [4.78, 5) is 8.95.